The Morgan fingerprint density at radius 1 is 1.53 bits per heavy atom. The van der Waals surface area contributed by atoms with Crippen LogP contribution in [0.4, 0.5) is 4.39 Å². The molecule has 1 aromatic carbocycles. The lowest BCUT2D eigenvalue weighted by molar-refractivity contribution is 0.395. The highest BCUT2D eigenvalue weighted by molar-refractivity contribution is 6.31. The quantitative estimate of drug-likeness (QED) is 0.762. The van der Waals surface area contributed by atoms with Gasteiger partial charge in [-0.05, 0) is 36.7 Å². The first-order valence-corrected chi connectivity index (χ1v) is 6.17. The Bertz CT molecular complexity index is 392. The summed E-state index contributed by atoms with van der Waals surface area (Å²) in [7, 11) is 0. The number of rotatable bonds is 6. The van der Waals surface area contributed by atoms with Crippen LogP contribution >= 0.6 is 11.6 Å². The first-order valence-electron chi connectivity index (χ1n) is 5.79. The van der Waals surface area contributed by atoms with Crippen molar-refractivity contribution in [1.82, 2.24) is 5.32 Å². The molecule has 0 saturated heterocycles. The Morgan fingerprint density at radius 3 is 2.82 bits per heavy atom. The predicted octanol–water partition coefficient (Wildman–Crippen LogP) is 3.82. The zero-order valence-electron chi connectivity index (χ0n) is 10.4. The highest BCUT2D eigenvalue weighted by atomic mass is 35.5. The molecule has 0 radical (unpaired) electrons. The summed E-state index contributed by atoms with van der Waals surface area (Å²) >= 11 is 6.07. The third-order valence-electron chi connectivity index (χ3n) is 2.87. The molecule has 3 heteroatoms. The van der Waals surface area contributed by atoms with Crippen molar-refractivity contribution in [1.29, 1.82) is 0 Å². The topological polar surface area (TPSA) is 12.0 Å². The van der Waals surface area contributed by atoms with Crippen LogP contribution < -0.4 is 5.32 Å². The Balaban J connectivity index is 2.86. The van der Waals surface area contributed by atoms with E-state index in [4.69, 9.17) is 11.6 Å². The van der Waals surface area contributed by atoms with Crippen molar-refractivity contribution in [2.24, 2.45) is 5.41 Å². The van der Waals surface area contributed by atoms with Crippen LogP contribution in [0.2, 0.25) is 5.02 Å². The summed E-state index contributed by atoms with van der Waals surface area (Å²) in [6.45, 7) is 9.71. The van der Waals surface area contributed by atoms with E-state index in [2.05, 4.69) is 25.7 Å². The van der Waals surface area contributed by atoms with Crippen LogP contribution in [0.1, 0.15) is 19.4 Å². The van der Waals surface area contributed by atoms with Gasteiger partial charge in [-0.15, -0.1) is 6.58 Å². The van der Waals surface area contributed by atoms with Crippen LogP contribution in [0.5, 0.6) is 0 Å². The number of benzene rings is 1. The zero-order valence-corrected chi connectivity index (χ0v) is 11.1. The highest BCUT2D eigenvalue weighted by Gasteiger charge is 2.21. The molecular weight excluding hydrogens is 237 g/mol. The van der Waals surface area contributed by atoms with Gasteiger partial charge in [0.1, 0.15) is 5.82 Å². The lowest BCUT2D eigenvalue weighted by atomic mass is 9.83. The molecule has 0 aliphatic heterocycles. The Morgan fingerprint density at radius 2 is 2.24 bits per heavy atom. The molecule has 0 spiro atoms. The van der Waals surface area contributed by atoms with E-state index in [1.54, 1.807) is 6.07 Å². The second-order valence-electron chi connectivity index (χ2n) is 4.55. The number of halogens is 2. The minimum Gasteiger partial charge on any atom is -0.316 e. The molecule has 0 saturated carbocycles. The van der Waals surface area contributed by atoms with Crippen molar-refractivity contribution in [3.05, 3.63) is 47.3 Å². The molecule has 1 nitrogen and oxygen atoms in total. The van der Waals surface area contributed by atoms with Crippen LogP contribution in [0, 0.1) is 11.2 Å². The second kappa shape index (κ2) is 6.18. The number of hydrogen-bond donors (Lipinski definition) is 1. The Hall–Kier alpha value is -0.860. The van der Waals surface area contributed by atoms with Crippen LogP contribution in [0.25, 0.3) is 0 Å². The normalized spacial score (nSPS) is 14.4. The minimum absolute atomic E-state index is 0.118. The number of nitrogens with one attached hydrogen (secondary N) is 1. The zero-order chi connectivity index (χ0) is 12.9. The molecular formula is C14H19ClFN. The van der Waals surface area contributed by atoms with Crippen LogP contribution in [-0.2, 0) is 6.42 Å². The van der Waals surface area contributed by atoms with Crippen LogP contribution in [-0.4, -0.2) is 13.1 Å². The molecule has 0 aliphatic carbocycles. The minimum atomic E-state index is -0.251. The van der Waals surface area contributed by atoms with Gasteiger partial charge in [0, 0.05) is 17.0 Å². The molecule has 0 fully saturated rings. The predicted molar refractivity (Wildman–Crippen MR) is 72.0 cm³/mol. The standard InChI is InChI=1S/C14H19ClFN/c1-4-14(3,10-17-5-2)9-11-8-12(16)6-7-13(11)15/h4,6-8,17H,1,5,9-10H2,2-3H3. The van der Waals surface area contributed by atoms with Gasteiger partial charge in [0.15, 0.2) is 0 Å². The molecule has 0 bridgehead atoms. The highest BCUT2D eigenvalue weighted by Crippen LogP contribution is 2.27. The van der Waals surface area contributed by atoms with Gasteiger partial charge in [-0.25, -0.2) is 4.39 Å². The summed E-state index contributed by atoms with van der Waals surface area (Å²) in [4.78, 5) is 0. The summed E-state index contributed by atoms with van der Waals surface area (Å²) in [5.41, 5.74) is 0.708. The maximum absolute atomic E-state index is 13.2. The van der Waals surface area contributed by atoms with E-state index in [0.29, 0.717) is 11.4 Å². The van der Waals surface area contributed by atoms with Crippen molar-refractivity contribution in [3.8, 4) is 0 Å². The summed E-state index contributed by atoms with van der Waals surface area (Å²) < 4.78 is 13.2. The first kappa shape index (κ1) is 14.2. The van der Waals surface area contributed by atoms with Crippen LogP contribution in [0.15, 0.2) is 30.9 Å². The fourth-order valence-electron chi connectivity index (χ4n) is 1.73. The van der Waals surface area contributed by atoms with E-state index in [0.717, 1.165) is 18.7 Å². The third-order valence-corrected chi connectivity index (χ3v) is 3.24. The summed E-state index contributed by atoms with van der Waals surface area (Å²) in [6, 6.07) is 4.47. The van der Waals surface area contributed by atoms with Gasteiger partial charge in [0.25, 0.3) is 0 Å². The molecule has 0 heterocycles. The lowest BCUT2D eigenvalue weighted by Crippen LogP contribution is -2.32. The second-order valence-corrected chi connectivity index (χ2v) is 4.96. The van der Waals surface area contributed by atoms with Gasteiger partial charge < -0.3 is 5.32 Å². The van der Waals surface area contributed by atoms with E-state index in [1.807, 2.05) is 6.08 Å². The van der Waals surface area contributed by atoms with E-state index in [-0.39, 0.29) is 11.2 Å². The molecule has 0 aliphatic rings. The largest absolute Gasteiger partial charge is 0.316 e. The van der Waals surface area contributed by atoms with E-state index >= 15 is 0 Å². The average molecular weight is 256 g/mol. The first-order chi connectivity index (χ1) is 8.00. The van der Waals surface area contributed by atoms with Crippen molar-refractivity contribution in [2.75, 3.05) is 13.1 Å². The summed E-state index contributed by atoms with van der Waals surface area (Å²) in [6.07, 6.45) is 2.58. The molecule has 0 amide bonds. The van der Waals surface area contributed by atoms with Gasteiger partial charge in [-0.3, -0.25) is 0 Å². The van der Waals surface area contributed by atoms with Crippen LogP contribution in [0.3, 0.4) is 0 Å². The van der Waals surface area contributed by atoms with Gasteiger partial charge in [-0.1, -0.05) is 31.5 Å². The maximum atomic E-state index is 13.2. The van der Waals surface area contributed by atoms with Gasteiger partial charge >= 0.3 is 0 Å². The van der Waals surface area contributed by atoms with E-state index in [9.17, 15) is 4.39 Å². The smallest absolute Gasteiger partial charge is 0.123 e. The maximum Gasteiger partial charge on any atom is 0.123 e. The van der Waals surface area contributed by atoms with Gasteiger partial charge in [0.05, 0.1) is 0 Å². The molecule has 94 valence electrons. The molecule has 17 heavy (non-hydrogen) atoms. The number of hydrogen-bond acceptors (Lipinski definition) is 1. The van der Waals surface area contributed by atoms with E-state index < -0.39 is 0 Å². The van der Waals surface area contributed by atoms with Crippen molar-refractivity contribution in [2.45, 2.75) is 20.3 Å². The summed E-state index contributed by atoms with van der Waals surface area (Å²) in [5, 5.41) is 3.89. The average Bonchev–Trinajstić information content (AvgIpc) is 2.31. The molecule has 0 aromatic heterocycles. The van der Waals surface area contributed by atoms with Gasteiger partial charge in [0.2, 0.25) is 0 Å². The van der Waals surface area contributed by atoms with Gasteiger partial charge in [-0.2, -0.15) is 0 Å². The monoisotopic (exact) mass is 255 g/mol. The fraction of sp³-hybridized carbons (Fsp3) is 0.429. The molecule has 1 aromatic rings. The van der Waals surface area contributed by atoms with Crippen molar-refractivity contribution >= 4 is 11.6 Å². The Kier molecular flexibility index (Phi) is 5.16. The van der Waals surface area contributed by atoms with Crippen molar-refractivity contribution < 1.29 is 4.39 Å². The third kappa shape index (κ3) is 4.14. The molecule has 1 atom stereocenters. The van der Waals surface area contributed by atoms with E-state index in [1.165, 1.54) is 12.1 Å². The Labute approximate surface area is 108 Å². The SMILES string of the molecule is C=CC(C)(CNCC)Cc1cc(F)ccc1Cl. The van der Waals surface area contributed by atoms with Crippen molar-refractivity contribution in [3.63, 3.8) is 0 Å². The molecule has 1 rings (SSSR count). The lowest BCUT2D eigenvalue weighted by Gasteiger charge is -2.26. The fourth-order valence-corrected chi connectivity index (χ4v) is 1.92. The summed E-state index contributed by atoms with van der Waals surface area (Å²) in [5.74, 6) is -0.251. The molecule has 1 N–H and O–H groups in total. The molecule has 1 unspecified atom stereocenters.